The Balaban J connectivity index is 0. The molecular weight excluding hydrogens is 307 g/mol. The summed E-state index contributed by atoms with van der Waals surface area (Å²) >= 11 is -6.17. The van der Waals surface area contributed by atoms with E-state index < -0.39 is 16.7 Å². The number of hydrogen-bond acceptors (Lipinski definition) is 4. The molecule has 0 atom stereocenters. The molecule has 0 fully saturated rings. The predicted molar refractivity (Wildman–Crippen MR) is 1.37 cm³/mol. The summed E-state index contributed by atoms with van der Waals surface area (Å²) in [6.45, 7) is 0. The molecule has 0 rings (SSSR count). The molecule has 0 bridgehead atoms. The molecule has 6 heteroatoms. The first-order valence-corrected chi connectivity index (χ1v) is 5.46. The molecule has 0 unspecified atom stereocenters. The topological polar surface area (TPSA) is 80.3 Å². The second kappa shape index (κ2) is 2.81. The van der Waals surface area contributed by atoms with Crippen LogP contribution in [0.2, 0.25) is 0 Å². The first-order valence-electron chi connectivity index (χ1n) is 0.667. The monoisotopic (exact) mass is 306 g/mol. The van der Waals surface area contributed by atoms with Gasteiger partial charge in [0.2, 0.25) is 0 Å². The Hall–Kier alpha value is 0.702. The molecule has 40 valence electrons. The molecule has 0 aromatic carbocycles. The fourth-order valence-corrected chi connectivity index (χ4v) is 0. The average molecular weight is 307 g/mol. The van der Waals surface area contributed by atoms with Crippen LogP contribution in [-0.2, 0) is 40.0 Å². The van der Waals surface area contributed by atoms with Crippen LogP contribution < -0.4 is 7.52 Å². The molecule has 0 aromatic heterocycles. The SMILES string of the molecule is [Ni+2].[O]=[W](=[O])([O-])[O-]. The van der Waals surface area contributed by atoms with E-state index in [1.54, 1.807) is 0 Å². The molecule has 0 aliphatic rings. The molecule has 6 heavy (non-hydrogen) atoms. The van der Waals surface area contributed by atoms with Crippen LogP contribution >= 0.6 is 0 Å². The minimum atomic E-state index is -6.17. The van der Waals surface area contributed by atoms with E-state index in [1.165, 1.54) is 0 Å². The first kappa shape index (κ1) is 9.86. The van der Waals surface area contributed by atoms with E-state index in [-0.39, 0.29) is 16.5 Å². The molecule has 0 amide bonds. The van der Waals surface area contributed by atoms with Crippen LogP contribution in [0.3, 0.4) is 0 Å². The Morgan fingerprint density at radius 2 is 1.17 bits per heavy atom. The van der Waals surface area contributed by atoms with E-state index in [0.717, 1.165) is 0 Å². The standard InChI is InChI=1S/Ni.4O.W/q+2;;;2*-1;. The van der Waals surface area contributed by atoms with Crippen molar-refractivity contribution in [2.24, 2.45) is 0 Å². The van der Waals surface area contributed by atoms with E-state index >= 15 is 0 Å². The van der Waals surface area contributed by atoms with Gasteiger partial charge in [0, 0.05) is 0 Å². The van der Waals surface area contributed by atoms with Gasteiger partial charge < -0.3 is 0 Å². The summed E-state index contributed by atoms with van der Waals surface area (Å²) in [7, 11) is 0. The summed E-state index contributed by atoms with van der Waals surface area (Å²) in [6.07, 6.45) is 0. The van der Waals surface area contributed by atoms with Crippen molar-refractivity contribution in [3.8, 4) is 0 Å². The number of hydrogen-bond donors (Lipinski definition) is 0. The van der Waals surface area contributed by atoms with Gasteiger partial charge in [-0.05, 0) is 0 Å². The summed E-state index contributed by atoms with van der Waals surface area (Å²) in [6, 6.07) is 0. The number of rotatable bonds is 0. The molecule has 0 spiro atoms. The predicted octanol–water partition coefficient (Wildman–Crippen LogP) is -2.62. The van der Waals surface area contributed by atoms with Crippen molar-refractivity contribution in [1.82, 2.24) is 0 Å². The van der Waals surface area contributed by atoms with Gasteiger partial charge in [0.1, 0.15) is 0 Å². The Kier molecular flexibility index (Phi) is 4.61. The zero-order valence-corrected chi connectivity index (χ0v) is 6.28. The van der Waals surface area contributed by atoms with E-state index in [9.17, 15) is 0 Å². The Bertz CT molecular complexity index is 90.7. The quantitative estimate of drug-likeness (QED) is 0.459. The molecule has 0 heterocycles. The summed E-state index contributed by atoms with van der Waals surface area (Å²) in [5.74, 6) is 0. The molecule has 4 nitrogen and oxygen atoms in total. The van der Waals surface area contributed by atoms with Gasteiger partial charge in [-0.2, -0.15) is 0 Å². The van der Waals surface area contributed by atoms with E-state index in [0.29, 0.717) is 0 Å². The van der Waals surface area contributed by atoms with Crippen molar-refractivity contribution in [3.63, 3.8) is 0 Å². The third kappa shape index (κ3) is 131. The minimum absolute atomic E-state index is 0. The van der Waals surface area contributed by atoms with Crippen molar-refractivity contribution >= 4 is 0 Å². The van der Waals surface area contributed by atoms with Crippen LogP contribution in [0.15, 0.2) is 0 Å². The van der Waals surface area contributed by atoms with Gasteiger partial charge in [0.25, 0.3) is 0 Å². The summed E-state index contributed by atoms with van der Waals surface area (Å²) in [5.41, 5.74) is 0. The molecule has 0 aromatic rings. The third-order valence-electron chi connectivity index (χ3n) is 0. The van der Waals surface area contributed by atoms with E-state index in [1.807, 2.05) is 0 Å². The van der Waals surface area contributed by atoms with Crippen molar-refractivity contribution < 1.29 is 47.6 Å². The molecule has 0 radical (unpaired) electrons. The summed E-state index contributed by atoms with van der Waals surface area (Å²) in [4.78, 5) is 0. The van der Waals surface area contributed by atoms with E-state index in [2.05, 4.69) is 0 Å². The van der Waals surface area contributed by atoms with Crippen LogP contribution in [0.4, 0.5) is 0 Å². The maximum absolute atomic E-state index is 8.65. The summed E-state index contributed by atoms with van der Waals surface area (Å²) < 4.78 is 34.6. The zero-order chi connectivity index (χ0) is 4.50. The molecule has 0 saturated carbocycles. The van der Waals surface area contributed by atoms with Gasteiger partial charge >= 0.3 is 47.6 Å². The van der Waals surface area contributed by atoms with Gasteiger partial charge in [-0.15, -0.1) is 0 Å². The fourth-order valence-electron chi connectivity index (χ4n) is 0. The van der Waals surface area contributed by atoms with Crippen LogP contribution in [0, 0.1) is 0 Å². The van der Waals surface area contributed by atoms with Gasteiger partial charge in [-0.3, -0.25) is 0 Å². The molecule has 0 aliphatic heterocycles. The Morgan fingerprint density at radius 3 is 1.17 bits per heavy atom. The zero-order valence-electron chi connectivity index (χ0n) is 2.36. The van der Waals surface area contributed by atoms with Crippen molar-refractivity contribution in [1.29, 1.82) is 0 Å². The van der Waals surface area contributed by atoms with Crippen molar-refractivity contribution in [3.05, 3.63) is 0 Å². The van der Waals surface area contributed by atoms with Gasteiger partial charge in [-0.1, -0.05) is 0 Å². The van der Waals surface area contributed by atoms with Gasteiger partial charge in [0.15, 0.2) is 0 Å². The van der Waals surface area contributed by atoms with Crippen molar-refractivity contribution in [2.45, 2.75) is 0 Å². The maximum atomic E-state index is 8.65. The van der Waals surface area contributed by atoms with Gasteiger partial charge in [0.05, 0.1) is 0 Å². The van der Waals surface area contributed by atoms with Crippen LogP contribution in [0.5, 0.6) is 0 Å². The molecular formula is NiO4W. The van der Waals surface area contributed by atoms with Crippen LogP contribution in [0.25, 0.3) is 0 Å². The normalized spacial score (nSPS) is 9.67. The molecule has 0 N–H and O–H groups in total. The van der Waals surface area contributed by atoms with E-state index in [4.69, 9.17) is 14.3 Å². The Morgan fingerprint density at radius 1 is 1.17 bits per heavy atom. The third-order valence-corrected chi connectivity index (χ3v) is 0. The first-order chi connectivity index (χ1) is 2.00. The van der Waals surface area contributed by atoms with Crippen LogP contribution in [0.1, 0.15) is 0 Å². The second-order valence-electron chi connectivity index (χ2n) is 0.408. The average Bonchev–Trinajstić information content (AvgIpc) is 0.722. The van der Waals surface area contributed by atoms with Crippen molar-refractivity contribution in [2.75, 3.05) is 0 Å². The summed E-state index contributed by atoms with van der Waals surface area (Å²) in [5, 5.41) is 0. The second-order valence-corrected chi connectivity index (χ2v) is 3.34. The Labute approximate surface area is 47.8 Å². The van der Waals surface area contributed by atoms with Gasteiger partial charge in [-0.25, -0.2) is 0 Å². The molecule has 0 saturated heterocycles. The fraction of sp³-hybridized carbons (Fsp3) is 0. The van der Waals surface area contributed by atoms with Crippen LogP contribution in [-0.4, -0.2) is 0 Å². The molecule has 0 aliphatic carbocycles.